The van der Waals surface area contributed by atoms with Crippen molar-refractivity contribution < 1.29 is 18.8 Å². The summed E-state index contributed by atoms with van der Waals surface area (Å²) in [4.78, 5) is 37.1. The van der Waals surface area contributed by atoms with Crippen molar-refractivity contribution >= 4 is 22.4 Å². The second kappa shape index (κ2) is 9.41. The van der Waals surface area contributed by atoms with Gasteiger partial charge in [0.1, 0.15) is 22.3 Å². The van der Waals surface area contributed by atoms with Crippen LogP contribution in [0, 0.1) is 11.3 Å². The van der Waals surface area contributed by atoms with Gasteiger partial charge >= 0.3 is 6.09 Å². The number of nitrogen functional groups attached to an aromatic ring is 1. The van der Waals surface area contributed by atoms with Crippen LogP contribution in [-0.4, -0.2) is 51.4 Å². The van der Waals surface area contributed by atoms with E-state index in [1.165, 1.54) is 11.3 Å². The molecule has 1 fully saturated rings. The van der Waals surface area contributed by atoms with Crippen LogP contribution in [0.1, 0.15) is 91.5 Å². The molecule has 3 aromatic rings. The van der Waals surface area contributed by atoms with Crippen LogP contribution in [0.3, 0.4) is 0 Å². The highest BCUT2D eigenvalue weighted by Gasteiger charge is 2.50. The molecular formula is C30H34N6O5S. The van der Waals surface area contributed by atoms with E-state index in [4.69, 9.17) is 24.7 Å². The number of thiophene rings is 1. The molecule has 4 aliphatic rings. The minimum absolute atomic E-state index is 0.232. The van der Waals surface area contributed by atoms with E-state index >= 15 is 0 Å². The van der Waals surface area contributed by atoms with Gasteiger partial charge in [-0.05, 0) is 77.7 Å². The third-order valence-corrected chi connectivity index (χ3v) is 10.2. The van der Waals surface area contributed by atoms with Gasteiger partial charge in [0.05, 0.1) is 29.8 Å². The van der Waals surface area contributed by atoms with E-state index in [0.29, 0.717) is 59.3 Å². The first-order chi connectivity index (χ1) is 20.1. The molecule has 0 saturated carbocycles. The summed E-state index contributed by atoms with van der Waals surface area (Å²) in [7, 11) is 0. The van der Waals surface area contributed by atoms with Gasteiger partial charge in [-0.15, -0.1) is 11.3 Å². The minimum atomic E-state index is -0.896. The summed E-state index contributed by atoms with van der Waals surface area (Å²) in [5.74, 6) is 1.09. The molecule has 3 N–H and O–H groups in total. The molecule has 1 amide bonds. The maximum Gasteiger partial charge on any atom is 0.410 e. The Morgan fingerprint density at radius 2 is 1.98 bits per heavy atom. The van der Waals surface area contributed by atoms with Gasteiger partial charge in [0.2, 0.25) is 0 Å². The maximum atomic E-state index is 13.4. The fourth-order valence-corrected chi connectivity index (χ4v) is 8.61. The first-order valence-corrected chi connectivity index (χ1v) is 15.4. The zero-order chi connectivity index (χ0) is 29.4. The van der Waals surface area contributed by atoms with Crippen LogP contribution in [0.5, 0.6) is 0 Å². The molecule has 1 aliphatic heterocycles. The van der Waals surface area contributed by atoms with Crippen molar-refractivity contribution in [2.75, 3.05) is 25.4 Å². The molecule has 220 valence electrons. The van der Waals surface area contributed by atoms with Gasteiger partial charge in [0.15, 0.2) is 17.3 Å². The van der Waals surface area contributed by atoms with Crippen LogP contribution in [0.25, 0.3) is 11.5 Å². The average molecular weight is 591 g/mol. The van der Waals surface area contributed by atoms with E-state index in [1.807, 2.05) is 20.8 Å². The van der Waals surface area contributed by atoms with Crippen LogP contribution in [-0.2, 0) is 39.8 Å². The van der Waals surface area contributed by atoms with Crippen LogP contribution in [0.2, 0.25) is 0 Å². The van der Waals surface area contributed by atoms with Crippen molar-refractivity contribution in [2.45, 2.75) is 88.8 Å². The quantitative estimate of drug-likeness (QED) is 0.421. The van der Waals surface area contributed by atoms with E-state index < -0.39 is 22.7 Å². The first-order valence-electron chi connectivity index (χ1n) is 14.6. The van der Waals surface area contributed by atoms with E-state index in [9.17, 15) is 14.9 Å². The molecule has 0 unspecified atom stereocenters. The second-order valence-corrected chi connectivity index (χ2v) is 14.0. The second-order valence-electron chi connectivity index (χ2n) is 12.9. The van der Waals surface area contributed by atoms with Gasteiger partial charge in [-0.25, -0.2) is 9.78 Å². The lowest BCUT2D eigenvalue weighted by Gasteiger charge is -2.40. The number of aromatic nitrogens is 3. The number of aromatic amines is 1. The largest absolute Gasteiger partial charge is 0.444 e. The summed E-state index contributed by atoms with van der Waals surface area (Å²) in [6.07, 6.45) is 5.80. The molecule has 42 heavy (non-hydrogen) atoms. The van der Waals surface area contributed by atoms with E-state index in [-0.39, 0.29) is 12.1 Å². The fourth-order valence-electron chi connectivity index (χ4n) is 7.45. The van der Waals surface area contributed by atoms with Gasteiger partial charge in [0, 0.05) is 22.5 Å². The van der Waals surface area contributed by atoms with Gasteiger partial charge in [0.25, 0.3) is 5.56 Å². The number of nitrogens with two attached hydrogens (primary N) is 1. The Morgan fingerprint density at radius 1 is 1.19 bits per heavy atom. The molecule has 2 atom stereocenters. The Kier molecular flexibility index (Phi) is 6.08. The molecule has 7 rings (SSSR count). The lowest BCUT2D eigenvalue weighted by atomic mass is 9.63. The molecule has 3 aliphatic carbocycles. The van der Waals surface area contributed by atoms with Gasteiger partial charge in [-0.2, -0.15) is 5.26 Å². The lowest BCUT2D eigenvalue weighted by molar-refractivity contribution is -0.114. The van der Waals surface area contributed by atoms with Crippen LogP contribution in [0.15, 0.2) is 9.32 Å². The van der Waals surface area contributed by atoms with Crippen molar-refractivity contribution in [1.29, 1.82) is 5.26 Å². The third-order valence-electron chi connectivity index (χ3n) is 9.15. The van der Waals surface area contributed by atoms with Crippen molar-refractivity contribution in [3.63, 3.8) is 0 Å². The zero-order valence-electron chi connectivity index (χ0n) is 24.1. The number of anilines is 1. The summed E-state index contributed by atoms with van der Waals surface area (Å²) < 4.78 is 18.1. The first kappa shape index (κ1) is 27.2. The average Bonchev–Trinajstić information content (AvgIpc) is 3.63. The molecular weight excluding hydrogens is 556 g/mol. The Hall–Kier alpha value is -3.69. The number of hydrogen-bond donors (Lipinski definition) is 2. The number of carbonyl (C=O) groups excluding carboxylic acids is 1. The molecule has 2 spiro atoms. The smallest absolute Gasteiger partial charge is 0.410 e. The fraction of sp³-hybridized carbons (Fsp3) is 0.567. The standard InChI is InChI=1S/C30H34N6O5S/c1-28(2,3)40-27(38)36-12-13-39-30(15-36)11-8-17-22(30)33-25(34-26(17)37)21-16-6-4-9-29(23(16)41-35-21)10-5-7-19-20(29)18(14-31)24(32)42-19/h4-13,15,32H2,1-3H3,(H,33,34,37)/t29-,30-/m0/s1. The number of nitrogens with zero attached hydrogens (tertiary/aromatic N) is 4. The van der Waals surface area contributed by atoms with Gasteiger partial charge in [-0.1, -0.05) is 5.16 Å². The predicted octanol–water partition coefficient (Wildman–Crippen LogP) is 4.31. The van der Waals surface area contributed by atoms with Crippen molar-refractivity contribution in [3.05, 3.63) is 48.9 Å². The Balaban J connectivity index is 1.29. The van der Waals surface area contributed by atoms with Gasteiger partial charge in [-0.3, -0.25) is 4.79 Å². The maximum absolute atomic E-state index is 13.4. The number of rotatable bonds is 1. The summed E-state index contributed by atoms with van der Waals surface area (Å²) in [6, 6.07) is 2.35. The number of hydrogen-bond acceptors (Lipinski definition) is 10. The number of fused-ring (bicyclic) bond motifs is 6. The Bertz CT molecular complexity index is 1710. The number of morpholine rings is 1. The normalized spacial score (nSPS) is 24.8. The topological polar surface area (TPSA) is 160 Å². The SMILES string of the molecule is CC(C)(C)OC(=O)N1CCO[C@@]2(CCc3c2nc(-c2noc4c2CCC[C@@]42CCCc4sc(N)c(C#N)c42)[nH]c3=O)C1. The van der Waals surface area contributed by atoms with Crippen molar-refractivity contribution in [3.8, 4) is 17.6 Å². The molecule has 4 heterocycles. The number of nitriles is 1. The molecule has 11 nitrogen and oxygen atoms in total. The molecule has 12 heteroatoms. The van der Waals surface area contributed by atoms with Crippen LogP contribution in [0.4, 0.5) is 9.80 Å². The number of nitrogens with one attached hydrogen (secondary N) is 1. The molecule has 0 radical (unpaired) electrons. The monoisotopic (exact) mass is 590 g/mol. The lowest BCUT2D eigenvalue weighted by Crippen LogP contribution is -2.52. The van der Waals surface area contributed by atoms with E-state index in [2.05, 4.69) is 16.2 Å². The Morgan fingerprint density at radius 3 is 2.74 bits per heavy atom. The van der Waals surface area contributed by atoms with E-state index in [0.717, 1.165) is 60.3 Å². The van der Waals surface area contributed by atoms with Crippen molar-refractivity contribution in [1.82, 2.24) is 20.0 Å². The Labute approximate surface area is 247 Å². The molecule has 1 saturated heterocycles. The molecule has 3 aromatic heterocycles. The molecule has 0 bridgehead atoms. The third kappa shape index (κ3) is 4.01. The van der Waals surface area contributed by atoms with E-state index in [1.54, 1.807) is 4.90 Å². The number of amides is 1. The predicted molar refractivity (Wildman–Crippen MR) is 154 cm³/mol. The highest BCUT2D eigenvalue weighted by atomic mass is 32.1. The number of H-pyrrole nitrogens is 1. The number of ether oxygens (including phenoxy) is 2. The van der Waals surface area contributed by atoms with Crippen molar-refractivity contribution in [2.24, 2.45) is 0 Å². The highest BCUT2D eigenvalue weighted by molar-refractivity contribution is 7.16. The number of aryl methyl sites for hydroxylation is 1. The summed E-state index contributed by atoms with van der Waals surface area (Å²) in [5.41, 5.74) is 8.17. The van der Waals surface area contributed by atoms with Crippen LogP contribution >= 0.6 is 11.3 Å². The molecule has 0 aromatic carbocycles. The zero-order valence-corrected chi connectivity index (χ0v) is 24.9. The summed E-state index contributed by atoms with van der Waals surface area (Å²) in [6.45, 7) is 6.49. The van der Waals surface area contributed by atoms with Crippen LogP contribution < -0.4 is 11.3 Å². The minimum Gasteiger partial charge on any atom is -0.444 e. The number of carbonyl (C=O) groups is 1. The summed E-state index contributed by atoms with van der Waals surface area (Å²) >= 11 is 1.50. The summed E-state index contributed by atoms with van der Waals surface area (Å²) in [5, 5.41) is 15.0. The van der Waals surface area contributed by atoms with Gasteiger partial charge < -0.3 is 29.6 Å². The highest BCUT2D eigenvalue weighted by Crippen LogP contribution is 2.55.